The molecule has 0 radical (unpaired) electrons. The van der Waals surface area contributed by atoms with Crippen molar-refractivity contribution >= 4 is 38.6 Å². The van der Waals surface area contributed by atoms with Crippen LogP contribution in [0.1, 0.15) is 19.3 Å². The number of hydrogen-bond acceptors (Lipinski definition) is 7. The summed E-state index contributed by atoms with van der Waals surface area (Å²) in [5, 5.41) is 6.00. The van der Waals surface area contributed by atoms with Crippen molar-refractivity contribution in [2.45, 2.75) is 25.3 Å². The van der Waals surface area contributed by atoms with Crippen LogP contribution in [0.5, 0.6) is 5.75 Å². The second-order valence-corrected chi connectivity index (χ2v) is 8.82. The molecule has 2 aromatic heterocycles. The number of methoxy groups -OCH3 is 2. The van der Waals surface area contributed by atoms with E-state index in [-0.39, 0.29) is 30.9 Å². The van der Waals surface area contributed by atoms with Gasteiger partial charge < -0.3 is 19.7 Å². The maximum atomic E-state index is 12.5. The number of thiazole rings is 1. The Morgan fingerprint density at radius 3 is 2.91 bits per heavy atom. The van der Waals surface area contributed by atoms with E-state index in [2.05, 4.69) is 20.6 Å². The number of anilines is 1. The number of aromatic nitrogens is 2. The third-order valence-electron chi connectivity index (χ3n) is 5.57. The quantitative estimate of drug-likeness (QED) is 0.523. The molecule has 10 heteroatoms. The minimum Gasteiger partial charge on any atom is -0.495 e. The minimum absolute atomic E-state index is 0.0365. The molecule has 0 spiro atoms. The van der Waals surface area contributed by atoms with Gasteiger partial charge in [0.1, 0.15) is 5.75 Å². The predicted octanol–water partition coefficient (Wildman–Crippen LogP) is 3.52. The lowest BCUT2D eigenvalue weighted by Gasteiger charge is -2.24. The van der Waals surface area contributed by atoms with Gasteiger partial charge in [-0.2, -0.15) is 0 Å². The Kier molecular flexibility index (Phi) is 7.36. The van der Waals surface area contributed by atoms with Crippen LogP contribution in [0.2, 0.25) is 0 Å². The number of nitrogens with zero attached hydrogens (tertiary/aromatic N) is 3. The first-order valence-electron chi connectivity index (χ1n) is 10.8. The van der Waals surface area contributed by atoms with Crippen LogP contribution in [0.25, 0.3) is 21.3 Å². The Labute approximate surface area is 196 Å². The van der Waals surface area contributed by atoms with Gasteiger partial charge in [-0.15, -0.1) is 0 Å². The van der Waals surface area contributed by atoms with Crippen LogP contribution in [0, 0.1) is 0 Å². The predicted molar refractivity (Wildman–Crippen MR) is 128 cm³/mol. The average molecular weight is 470 g/mol. The van der Waals surface area contributed by atoms with Gasteiger partial charge >= 0.3 is 6.03 Å². The zero-order valence-corrected chi connectivity index (χ0v) is 19.5. The normalized spacial score (nSPS) is 15.6. The number of urea groups is 1. The highest BCUT2D eigenvalue weighted by atomic mass is 32.1. The summed E-state index contributed by atoms with van der Waals surface area (Å²) >= 11 is 1.39. The minimum atomic E-state index is -0.381. The summed E-state index contributed by atoms with van der Waals surface area (Å²) in [6.07, 6.45) is 5.64. The zero-order chi connectivity index (χ0) is 23.2. The smallest absolute Gasteiger partial charge is 0.321 e. The third kappa shape index (κ3) is 5.58. The van der Waals surface area contributed by atoms with E-state index in [1.54, 1.807) is 26.6 Å². The van der Waals surface area contributed by atoms with Crippen LogP contribution in [0.4, 0.5) is 9.93 Å². The fourth-order valence-electron chi connectivity index (χ4n) is 3.94. The molecule has 3 amide bonds. The lowest BCUT2D eigenvalue weighted by Crippen LogP contribution is -2.40. The molecule has 3 heterocycles. The van der Waals surface area contributed by atoms with Gasteiger partial charge in [0, 0.05) is 38.4 Å². The van der Waals surface area contributed by atoms with Crippen molar-refractivity contribution < 1.29 is 19.1 Å². The Morgan fingerprint density at radius 2 is 2.09 bits per heavy atom. The van der Waals surface area contributed by atoms with E-state index in [1.165, 1.54) is 11.3 Å². The Bertz CT molecular complexity index is 1130. The Balaban J connectivity index is 1.32. The molecule has 1 fully saturated rings. The molecule has 4 rings (SSSR count). The summed E-state index contributed by atoms with van der Waals surface area (Å²) < 4.78 is 11.4. The Hall–Kier alpha value is -3.24. The van der Waals surface area contributed by atoms with Gasteiger partial charge in [-0.25, -0.2) is 9.78 Å². The van der Waals surface area contributed by atoms with Crippen molar-refractivity contribution in [3.63, 3.8) is 0 Å². The number of carbonyl (C=O) groups excluding carboxylic acids is 2. The fraction of sp³-hybridized carbons (Fsp3) is 0.391. The molecule has 3 aromatic rings. The molecule has 0 bridgehead atoms. The molecule has 1 aromatic carbocycles. The van der Waals surface area contributed by atoms with Crippen molar-refractivity contribution in [2.24, 2.45) is 0 Å². The molecule has 9 nitrogen and oxygen atoms in total. The highest BCUT2D eigenvalue weighted by Crippen LogP contribution is 2.31. The number of pyridine rings is 1. The molecule has 2 N–H and O–H groups in total. The first-order chi connectivity index (χ1) is 16.1. The van der Waals surface area contributed by atoms with Crippen molar-refractivity contribution in [2.75, 3.05) is 39.2 Å². The average Bonchev–Trinajstić information content (AvgIpc) is 3.45. The summed E-state index contributed by atoms with van der Waals surface area (Å²) in [4.78, 5) is 35.3. The van der Waals surface area contributed by atoms with E-state index in [0.717, 1.165) is 40.7 Å². The molecule has 1 aliphatic rings. The van der Waals surface area contributed by atoms with Crippen molar-refractivity contribution in [1.29, 1.82) is 0 Å². The van der Waals surface area contributed by atoms with Crippen LogP contribution in [-0.2, 0) is 9.53 Å². The van der Waals surface area contributed by atoms with Crippen LogP contribution in [0.3, 0.4) is 0 Å². The van der Waals surface area contributed by atoms with Crippen LogP contribution >= 0.6 is 11.3 Å². The molecular weight excluding hydrogens is 442 g/mol. The molecule has 1 aliphatic heterocycles. The number of hydrogen-bond donors (Lipinski definition) is 2. The lowest BCUT2D eigenvalue weighted by atomic mass is 10.1. The highest BCUT2D eigenvalue weighted by Gasteiger charge is 2.28. The maximum absolute atomic E-state index is 12.5. The summed E-state index contributed by atoms with van der Waals surface area (Å²) in [5.74, 6) is 0.725. The number of ether oxygens (including phenoxy) is 2. The van der Waals surface area contributed by atoms with Gasteiger partial charge in [0.05, 0.1) is 36.2 Å². The summed E-state index contributed by atoms with van der Waals surface area (Å²) in [6.45, 7) is 1.56. The van der Waals surface area contributed by atoms with Gasteiger partial charge in [-0.05, 0) is 36.6 Å². The summed E-state index contributed by atoms with van der Waals surface area (Å²) in [5.41, 5.74) is 2.72. The van der Waals surface area contributed by atoms with Crippen molar-refractivity contribution in [1.82, 2.24) is 20.2 Å². The number of carbonyl (C=O) groups is 2. The zero-order valence-electron chi connectivity index (χ0n) is 18.7. The number of rotatable bonds is 8. The molecule has 1 atom stereocenters. The number of fused-ring (bicyclic) bond motifs is 1. The topological polar surface area (TPSA) is 106 Å². The number of benzene rings is 1. The number of likely N-dealkylation sites (tertiary alicyclic amines) is 1. The lowest BCUT2D eigenvalue weighted by molar-refractivity contribution is -0.132. The SMILES string of the molecule is COC[C@@H]1CCCN1C(=O)CCNC(=O)Nc1nc2ccc(-c3cncc(OC)c3)cc2s1. The monoisotopic (exact) mass is 469 g/mol. The van der Waals surface area contributed by atoms with Gasteiger partial charge in [0.2, 0.25) is 5.91 Å². The maximum Gasteiger partial charge on any atom is 0.321 e. The Morgan fingerprint density at radius 1 is 1.21 bits per heavy atom. The standard InChI is InChI=1S/C23H27N5O4S/c1-31-14-17-4-3-9-28(17)21(29)7-8-25-22(30)27-23-26-19-6-5-15(11-20(19)33-23)16-10-18(32-2)13-24-12-16/h5-6,10-13,17H,3-4,7-9,14H2,1-2H3,(H2,25,26,27,30)/t17-/m0/s1. The van der Waals surface area contributed by atoms with E-state index >= 15 is 0 Å². The first kappa shape index (κ1) is 22.9. The van der Waals surface area contributed by atoms with E-state index in [9.17, 15) is 9.59 Å². The second kappa shape index (κ2) is 10.6. The van der Waals surface area contributed by atoms with Crippen molar-refractivity contribution in [3.8, 4) is 16.9 Å². The largest absolute Gasteiger partial charge is 0.495 e. The second-order valence-electron chi connectivity index (χ2n) is 7.78. The number of amides is 3. The highest BCUT2D eigenvalue weighted by molar-refractivity contribution is 7.22. The number of nitrogens with one attached hydrogen (secondary N) is 2. The van der Waals surface area contributed by atoms with Gasteiger partial charge in [-0.3, -0.25) is 15.1 Å². The fourth-order valence-corrected chi connectivity index (χ4v) is 4.84. The van der Waals surface area contributed by atoms with E-state index in [1.807, 2.05) is 29.2 Å². The van der Waals surface area contributed by atoms with Gasteiger partial charge in [-0.1, -0.05) is 17.4 Å². The van der Waals surface area contributed by atoms with E-state index < -0.39 is 0 Å². The summed E-state index contributed by atoms with van der Waals surface area (Å²) in [7, 11) is 3.25. The van der Waals surface area contributed by atoms with Crippen LogP contribution in [-0.4, -0.2) is 66.8 Å². The molecule has 33 heavy (non-hydrogen) atoms. The molecular formula is C23H27N5O4S. The summed E-state index contributed by atoms with van der Waals surface area (Å²) in [6, 6.07) is 7.56. The van der Waals surface area contributed by atoms with Gasteiger partial charge in [0.25, 0.3) is 0 Å². The third-order valence-corrected chi connectivity index (χ3v) is 6.51. The van der Waals surface area contributed by atoms with Crippen molar-refractivity contribution in [3.05, 3.63) is 36.7 Å². The molecule has 0 unspecified atom stereocenters. The van der Waals surface area contributed by atoms with Gasteiger partial charge in [0.15, 0.2) is 5.13 Å². The van der Waals surface area contributed by atoms with Crippen LogP contribution < -0.4 is 15.4 Å². The first-order valence-corrected chi connectivity index (χ1v) is 11.6. The molecule has 174 valence electrons. The molecule has 0 aliphatic carbocycles. The van der Waals surface area contributed by atoms with E-state index in [4.69, 9.17) is 9.47 Å². The molecule has 0 saturated carbocycles. The molecule has 1 saturated heterocycles. The van der Waals surface area contributed by atoms with E-state index in [0.29, 0.717) is 17.5 Å². The van der Waals surface area contributed by atoms with Crippen LogP contribution in [0.15, 0.2) is 36.7 Å².